The van der Waals surface area contributed by atoms with Crippen LogP contribution in [0.1, 0.15) is 21.5 Å². The number of nitro groups is 1. The Bertz CT molecular complexity index is 704. The van der Waals surface area contributed by atoms with Crippen LogP contribution in [-0.4, -0.2) is 15.8 Å². The van der Waals surface area contributed by atoms with E-state index in [1.165, 1.54) is 18.3 Å². The number of amides is 1. The molecule has 6 nitrogen and oxygen atoms in total. The molecular weight excluding hydrogens is 277 g/mol. The first-order chi connectivity index (χ1) is 9.99. The summed E-state index contributed by atoms with van der Waals surface area (Å²) in [5.74, 6) is -1.21. The largest absolute Gasteiger partial charge is 0.348 e. The van der Waals surface area contributed by atoms with Crippen molar-refractivity contribution in [1.82, 2.24) is 10.3 Å². The fraction of sp³-hybridized carbons (Fsp3) is 0.143. The van der Waals surface area contributed by atoms with Crippen LogP contribution in [0.5, 0.6) is 0 Å². The van der Waals surface area contributed by atoms with Crippen LogP contribution in [0.15, 0.2) is 36.5 Å². The molecule has 2 aromatic rings. The minimum atomic E-state index is -0.742. The molecule has 1 aromatic carbocycles. The van der Waals surface area contributed by atoms with E-state index >= 15 is 0 Å². The van der Waals surface area contributed by atoms with Crippen molar-refractivity contribution in [3.8, 4) is 0 Å². The van der Waals surface area contributed by atoms with Crippen molar-refractivity contribution in [2.24, 2.45) is 0 Å². The highest BCUT2D eigenvalue weighted by molar-refractivity contribution is 5.93. The Labute approximate surface area is 119 Å². The zero-order valence-corrected chi connectivity index (χ0v) is 11.2. The summed E-state index contributed by atoms with van der Waals surface area (Å²) in [5, 5.41) is 13.4. The fourth-order valence-electron chi connectivity index (χ4n) is 1.88. The third-order valence-corrected chi connectivity index (χ3v) is 3.04. The lowest BCUT2D eigenvalue weighted by Gasteiger charge is -2.08. The summed E-state index contributed by atoms with van der Waals surface area (Å²) in [5.41, 5.74) is 1.26. The predicted octanol–water partition coefficient (Wildman–Crippen LogP) is 2.37. The van der Waals surface area contributed by atoms with Gasteiger partial charge in [-0.25, -0.2) is 4.98 Å². The molecule has 7 heteroatoms. The van der Waals surface area contributed by atoms with E-state index in [2.05, 4.69) is 10.3 Å². The van der Waals surface area contributed by atoms with Gasteiger partial charge in [0.25, 0.3) is 11.6 Å². The van der Waals surface area contributed by atoms with E-state index in [1.54, 1.807) is 19.1 Å². The quantitative estimate of drug-likeness (QED) is 0.532. The molecule has 0 radical (unpaired) electrons. The molecule has 0 atom stereocenters. The molecule has 0 aliphatic heterocycles. The van der Waals surface area contributed by atoms with Gasteiger partial charge in [0, 0.05) is 36.0 Å². The Hall–Kier alpha value is -2.83. The van der Waals surface area contributed by atoms with Gasteiger partial charge in [-0.2, -0.15) is 4.39 Å². The summed E-state index contributed by atoms with van der Waals surface area (Å²) in [6.45, 7) is 1.74. The molecule has 0 aliphatic rings. The zero-order valence-electron chi connectivity index (χ0n) is 11.2. The minimum Gasteiger partial charge on any atom is -0.348 e. The van der Waals surface area contributed by atoms with E-state index in [4.69, 9.17) is 0 Å². The van der Waals surface area contributed by atoms with E-state index in [1.807, 2.05) is 0 Å². The highest BCUT2D eigenvalue weighted by Gasteiger charge is 2.14. The number of aromatic nitrogens is 1. The second-order valence-electron chi connectivity index (χ2n) is 4.37. The van der Waals surface area contributed by atoms with Crippen molar-refractivity contribution < 1.29 is 14.1 Å². The van der Waals surface area contributed by atoms with Crippen LogP contribution in [0.25, 0.3) is 0 Å². The van der Waals surface area contributed by atoms with Gasteiger partial charge < -0.3 is 5.32 Å². The number of carbonyl (C=O) groups is 1. The Morgan fingerprint density at radius 1 is 1.43 bits per heavy atom. The number of hydrogen-bond acceptors (Lipinski definition) is 4. The number of nitro benzene ring substituents is 1. The average molecular weight is 289 g/mol. The first kappa shape index (κ1) is 14.6. The number of nitrogens with one attached hydrogen (secondary N) is 1. The number of pyridine rings is 1. The van der Waals surface area contributed by atoms with Crippen LogP contribution in [0.3, 0.4) is 0 Å². The van der Waals surface area contributed by atoms with Gasteiger partial charge in [0.05, 0.1) is 4.92 Å². The number of halogens is 1. The van der Waals surface area contributed by atoms with Crippen molar-refractivity contribution in [2.45, 2.75) is 13.5 Å². The van der Waals surface area contributed by atoms with Gasteiger partial charge in [-0.1, -0.05) is 12.1 Å². The standard InChI is InChI=1S/C14H12FN3O3/c1-9-11(3-2-4-12(9)18(20)21)8-17-14(19)10-5-6-16-13(15)7-10/h2-7H,8H2,1H3,(H,17,19). The van der Waals surface area contributed by atoms with Crippen LogP contribution in [-0.2, 0) is 6.54 Å². The molecule has 2 rings (SSSR count). The number of hydrogen-bond donors (Lipinski definition) is 1. The molecule has 1 amide bonds. The van der Waals surface area contributed by atoms with Crippen molar-refractivity contribution in [2.75, 3.05) is 0 Å². The summed E-state index contributed by atoms with van der Waals surface area (Å²) < 4.78 is 12.9. The number of rotatable bonds is 4. The predicted molar refractivity (Wildman–Crippen MR) is 73.2 cm³/mol. The van der Waals surface area contributed by atoms with E-state index in [0.29, 0.717) is 11.1 Å². The van der Waals surface area contributed by atoms with Gasteiger partial charge in [-0.15, -0.1) is 0 Å². The lowest BCUT2D eigenvalue weighted by atomic mass is 10.1. The topological polar surface area (TPSA) is 85.1 Å². The van der Waals surface area contributed by atoms with Crippen molar-refractivity contribution >= 4 is 11.6 Å². The summed E-state index contributed by atoms with van der Waals surface area (Å²) in [6.07, 6.45) is 1.20. The van der Waals surface area contributed by atoms with Crippen molar-refractivity contribution in [3.05, 3.63) is 69.3 Å². The third-order valence-electron chi connectivity index (χ3n) is 3.04. The minimum absolute atomic E-state index is 0.00305. The smallest absolute Gasteiger partial charge is 0.272 e. The molecule has 0 aliphatic carbocycles. The van der Waals surface area contributed by atoms with Gasteiger partial charge >= 0.3 is 0 Å². The number of benzene rings is 1. The molecule has 0 saturated heterocycles. The summed E-state index contributed by atoms with van der Waals surface area (Å²) in [6, 6.07) is 7.06. The monoisotopic (exact) mass is 289 g/mol. The molecule has 108 valence electrons. The molecule has 0 unspecified atom stereocenters. The Morgan fingerprint density at radius 2 is 2.19 bits per heavy atom. The molecular formula is C14H12FN3O3. The average Bonchev–Trinajstić information content (AvgIpc) is 2.45. The van der Waals surface area contributed by atoms with Crippen LogP contribution < -0.4 is 5.32 Å². The number of carbonyl (C=O) groups excluding carboxylic acids is 1. The van der Waals surface area contributed by atoms with Crippen LogP contribution in [0.4, 0.5) is 10.1 Å². The molecule has 1 heterocycles. The van der Waals surface area contributed by atoms with E-state index in [9.17, 15) is 19.3 Å². The molecule has 21 heavy (non-hydrogen) atoms. The van der Waals surface area contributed by atoms with Gasteiger partial charge in [0.1, 0.15) is 0 Å². The lowest BCUT2D eigenvalue weighted by Crippen LogP contribution is -2.23. The molecule has 1 aromatic heterocycles. The SMILES string of the molecule is Cc1c(CNC(=O)c2ccnc(F)c2)cccc1[N+](=O)[O-]. The Balaban J connectivity index is 2.12. The van der Waals surface area contributed by atoms with Gasteiger partial charge in [-0.05, 0) is 18.6 Å². The molecule has 0 saturated carbocycles. The van der Waals surface area contributed by atoms with Crippen LogP contribution in [0.2, 0.25) is 0 Å². The fourth-order valence-corrected chi connectivity index (χ4v) is 1.88. The van der Waals surface area contributed by atoms with E-state index < -0.39 is 16.8 Å². The third kappa shape index (κ3) is 3.38. The van der Waals surface area contributed by atoms with Crippen molar-refractivity contribution in [1.29, 1.82) is 0 Å². The zero-order chi connectivity index (χ0) is 15.4. The molecule has 0 fully saturated rings. The van der Waals surface area contributed by atoms with Crippen LogP contribution >= 0.6 is 0 Å². The summed E-state index contributed by atoms with van der Waals surface area (Å²) in [4.78, 5) is 25.6. The highest BCUT2D eigenvalue weighted by Crippen LogP contribution is 2.20. The van der Waals surface area contributed by atoms with Gasteiger partial charge in [-0.3, -0.25) is 14.9 Å². The maximum absolute atomic E-state index is 12.9. The Kier molecular flexibility index (Phi) is 4.22. The highest BCUT2D eigenvalue weighted by atomic mass is 19.1. The maximum Gasteiger partial charge on any atom is 0.272 e. The van der Waals surface area contributed by atoms with Gasteiger partial charge in [0.2, 0.25) is 5.95 Å². The summed E-state index contributed by atoms with van der Waals surface area (Å²) >= 11 is 0. The first-order valence-electron chi connectivity index (χ1n) is 6.11. The van der Waals surface area contributed by atoms with E-state index in [0.717, 1.165) is 6.07 Å². The lowest BCUT2D eigenvalue weighted by molar-refractivity contribution is -0.385. The van der Waals surface area contributed by atoms with Crippen molar-refractivity contribution in [3.63, 3.8) is 0 Å². The maximum atomic E-state index is 12.9. The second-order valence-corrected chi connectivity index (χ2v) is 4.37. The molecule has 0 spiro atoms. The second kappa shape index (κ2) is 6.08. The van der Waals surface area contributed by atoms with Gasteiger partial charge in [0.15, 0.2) is 0 Å². The molecule has 1 N–H and O–H groups in total. The molecule has 0 bridgehead atoms. The Morgan fingerprint density at radius 3 is 2.86 bits per heavy atom. The first-order valence-corrected chi connectivity index (χ1v) is 6.11. The normalized spacial score (nSPS) is 10.2. The number of nitrogens with zero attached hydrogens (tertiary/aromatic N) is 2. The van der Waals surface area contributed by atoms with Crippen LogP contribution in [0, 0.1) is 23.0 Å². The van der Waals surface area contributed by atoms with E-state index in [-0.39, 0.29) is 17.8 Å². The summed E-state index contributed by atoms with van der Waals surface area (Å²) in [7, 11) is 0.